The number of likely N-dealkylation sites (tertiary alicyclic amines) is 1. The van der Waals surface area contributed by atoms with Gasteiger partial charge in [0.05, 0.1) is 5.92 Å². The van der Waals surface area contributed by atoms with Gasteiger partial charge in [-0.15, -0.1) is 0 Å². The zero-order valence-electron chi connectivity index (χ0n) is 12.5. The smallest absolute Gasteiger partial charge is 0.226 e. The van der Waals surface area contributed by atoms with Crippen molar-refractivity contribution in [2.45, 2.75) is 45.1 Å². The lowest BCUT2D eigenvalue weighted by atomic mass is 9.96. The highest BCUT2D eigenvalue weighted by molar-refractivity contribution is 5.79. The lowest BCUT2D eigenvalue weighted by Gasteiger charge is -2.38. The third-order valence-electron chi connectivity index (χ3n) is 4.64. The number of carbonyl (C=O) groups is 1. The van der Waals surface area contributed by atoms with E-state index in [-0.39, 0.29) is 5.92 Å². The minimum atomic E-state index is 0.215. The largest absolute Gasteiger partial charge is 0.342 e. The zero-order chi connectivity index (χ0) is 13.7. The number of amides is 1. The van der Waals surface area contributed by atoms with Gasteiger partial charge < -0.3 is 15.1 Å². The summed E-state index contributed by atoms with van der Waals surface area (Å²) in [7, 11) is 2.01. The summed E-state index contributed by atoms with van der Waals surface area (Å²) in [6.07, 6.45) is 5.71. The first-order valence-corrected chi connectivity index (χ1v) is 7.92. The molecule has 4 heteroatoms. The van der Waals surface area contributed by atoms with E-state index in [4.69, 9.17) is 0 Å². The van der Waals surface area contributed by atoms with E-state index in [0.29, 0.717) is 11.9 Å². The Morgan fingerprint density at radius 2 is 2.05 bits per heavy atom. The molecule has 2 fully saturated rings. The van der Waals surface area contributed by atoms with Crippen LogP contribution < -0.4 is 5.32 Å². The molecular formula is C15H29N3O. The zero-order valence-corrected chi connectivity index (χ0v) is 12.5. The molecule has 110 valence electrons. The number of nitrogens with zero attached hydrogens (tertiary/aromatic N) is 2. The quantitative estimate of drug-likeness (QED) is 0.834. The Labute approximate surface area is 117 Å². The van der Waals surface area contributed by atoms with Crippen LogP contribution in [0.15, 0.2) is 0 Å². The van der Waals surface area contributed by atoms with Crippen molar-refractivity contribution in [1.29, 1.82) is 0 Å². The third kappa shape index (κ3) is 3.93. The fraction of sp³-hybridized carbons (Fsp3) is 0.933. The second-order valence-electron chi connectivity index (χ2n) is 6.07. The Bertz CT molecular complexity index is 281. The molecule has 0 aliphatic carbocycles. The fourth-order valence-electron chi connectivity index (χ4n) is 3.38. The van der Waals surface area contributed by atoms with Crippen LogP contribution in [-0.4, -0.2) is 61.5 Å². The maximum absolute atomic E-state index is 12.5. The summed E-state index contributed by atoms with van der Waals surface area (Å²) < 4.78 is 0. The molecule has 1 N–H and O–H groups in total. The lowest BCUT2D eigenvalue weighted by molar-refractivity contribution is -0.137. The van der Waals surface area contributed by atoms with E-state index in [1.54, 1.807) is 0 Å². The van der Waals surface area contributed by atoms with Gasteiger partial charge in [0.1, 0.15) is 0 Å². The summed E-state index contributed by atoms with van der Waals surface area (Å²) in [5.74, 6) is 0.577. The molecule has 4 nitrogen and oxygen atoms in total. The molecule has 19 heavy (non-hydrogen) atoms. The van der Waals surface area contributed by atoms with Crippen molar-refractivity contribution in [1.82, 2.24) is 15.1 Å². The molecule has 1 atom stereocenters. The summed E-state index contributed by atoms with van der Waals surface area (Å²) >= 11 is 0. The SMILES string of the molecule is CCCN1CCC(N(C)C(=O)C2CCCNC2)CC1. The molecule has 0 radical (unpaired) electrons. The Balaban J connectivity index is 1.79. The van der Waals surface area contributed by atoms with Crippen molar-refractivity contribution < 1.29 is 4.79 Å². The van der Waals surface area contributed by atoms with Crippen molar-refractivity contribution in [2.24, 2.45) is 5.92 Å². The normalized spacial score (nSPS) is 26.3. The van der Waals surface area contributed by atoms with Crippen LogP contribution in [0.2, 0.25) is 0 Å². The van der Waals surface area contributed by atoms with Crippen LogP contribution in [-0.2, 0) is 4.79 Å². The second kappa shape index (κ2) is 7.25. The van der Waals surface area contributed by atoms with Crippen LogP contribution in [0.5, 0.6) is 0 Å². The first-order chi connectivity index (χ1) is 9.22. The number of hydrogen-bond donors (Lipinski definition) is 1. The fourth-order valence-corrected chi connectivity index (χ4v) is 3.38. The molecule has 2 saturated heterocycles. The lowest BCUT2D eigenvalue weighted by Crippen LogP contribution is -2.49. The number of carbonyl (C=O) groups excluding carboxylic acids is 1. The average Bonchev–Trinajstić information content (AvgIpc) is 2.48. The van der Waals surface area contributed by atoms with E-state index in [1.807, 2.05) is 11.9 Å². The number of piperidine rings is 2. The molecule has 0 saturated carbocycles. The molecule has 0 aromatic heterocycles. The molecule has 0 bridgehead atoms. The van der Waals surface area contributed by atoms with Crippen molar-refractivity contribution in [3.8, 4) is 0 Å². The maximum Gasteiger partial charge on any atom is 0.226 e. The molecule has 0 aromatic carbocycles. The van der Waals surface area contributed by atoms with Crippen molar-refractivity contribution in [3.05, 3.63) is 0 Å². The first kappa shape index (κ1) is 14.8. The van der Waals surface area contributed by atoms with Gasteiger partial charge >= 0.3 is 0 Å². The Morgan fingerprint density at radius 1 is 1.32 bits per heavy atom. The van der Waals surface area contributed by atoms with E-state index in [9.17, 15) is 4.79 Å². The minimum Gasteiger partial charge on any atom is -0.342 e. The first-order valence-electron chi connectivity index (χ1n) is 7.92. The standard InChI is InChI=1S/C15H29N3O/c1-3-9-18-10-6-14(7-11-18)17(2)15(19)13-5-4-8-16-12-13/h13-14,16H,3-12H2,1-2H3. The van der Waals surface area contributed by atoms with Crippen LogP contribution in [0, 0.1) is 5.92 Å². The van der Waals surface area contributed by atoms with Gasteiger partial charge in [-0.3, -0.25) is 4.79 Å². The van der Waals surface area contributed by atoms with Crippen molar-refractivity contribution in [3.63, 3.8) is 0 Å². The van der Waals surface area contributed by atoms with Crippen LogP contribution in [0.25, 0.3) is 0 Å². The van der Waals surface area contributed by atoms with Gasteiger partial charge in [-0.25, -0.2) is 0 Å². The highest BCUT2D eigenvalue weighted by atomic mass is 16.2. The molecule has 1 unspecified atom stereocenters. The van der Waals surface area contributed by atoms with Gasteiger partial charge in [-0.05, 0) is 45.2 Å². The Kier molecular flexibility index (Phi) is 5.64. The molecule has 2 rings (SSSR count). The molecule has 1 amide bonds. The van der Waals surface area contributed by atoms with Crippen molar-refractivity contribution >= 4 is 5.91 Å². The van der Waals surface area contributed by atoms with E-state index >= 15 is 0 Å². The highest BCUT2D eigenvalue weighted by Crippen LogP contribution is 2.20. The second-order valence-corrected chi connectivity index (χ2v) is 6.07. The molecule has 2 aliphatic rings. The van der Waals surface area contributed by atoms with Crippen LogP contribution in [0.4, 0.5) is 0 Å². The van der Waals surface area contributed by atoms with Gasteiger partial charge in [0.15, 0.2) is 0 Å². The summed E-state index contributed by atoms with van der Waals surface area (Å²) in [6.45, 7) is 7.69. The number of hydrogen-bond acceptors (Lipinski definition) is 3. The predicted molar refractivity (Wildman–Crippen MR) is 78.1 cm³/mol. The van der Waals surface area contributed by atoms with Crippen LogP contribution in [0.1, 0.15) is 39.0 Å². The molecule has 2 heterocycles. The van der Waals surface area contributed by atoms with E-state index in [1.165, 1.54) is 13.0 Å². The summed E-state index contributed by atoms with van der Waals surface area (Å²) in [5, 5.41) is 3.34. The molecule has 2 aliphatic heterocycles. The van der Waals surface area contributed by atoms with Crippen LogP contribution in [0.3, 0.4) is 0 Å². The summed E-state index contributed by atoms with van der Waals surface area (Å²) in [6, 6.07) is 0.461. The van der Waals surface area contributed by atoms with Crippen LogP contribution >= 0.6 is 0 Å². The molecule has 0 spiro atoms. The monoisotopic (exact) mass is 267 g/mol. The highest BCUT2D eigenvalue weighted by Gasteiger charge is 2.29. The van der Waals surface area contributed by atoms with Gasteiger partial charge in [-0.1, -0.05) is 6.92 Å². The maximum atomic E-state index is 12.5. The minimum absolute atomic E-state index is 0.215. The molecule has 0 aromatic rings. The third-order valence-corrected chi connectivity index (χ3v) is 4.64. The predicted octanol–water partition coefficient (Wildman–Crippen LogP) is 1.32. The number of rotatable bonds is 4. The Hall–Kier alpha value is -0.610. The van der Waals surface area contributed by atoms with Gasteiger partial charge in [0.25, 0.3) is 0 Å². The van der Waals surface area contributed by atoms with Gasteiger partial charge in [-0.2, -0.15) is 0 Å². The molecular weight excluding hydrogens is 238 g/mol. The van der Waals surface area contributed by atoms with Gasteiger partial charge in [0.2, 0.25) is 5.91 Å². The van der Waals surface area contributed by atoms with E-state index in [2.05, 4.69) is 17.1 Å². The number of nitrogens with one attached hydrogen (secondary N) is 1. The van der Waals surface area contributed by atoms with E-state index in [0.717, 1.165) is 51.9 Å². The van der Waals surface area contributed by atoms with Crippen molar-refractivity contribution in [2.75, 3.05) is 39.8 Å². The average molecular weight is 267 g/mol. The topological polar surface area (TPSA) is 35.6 Å². The van der Waals surface area contributed by atoms with Gasteiger partial charge in [0, 0.05) is 32.7 Å². The summed E-state index contributed by atoms with van der Waals surface area (Å²) in [5.41, 5.74) is 0. The summed E-state index contributed by atoms with van der Waals surface area (Å²) in [4.78, 5) is 17.0. The van der Waals surface area contributed by atoms with E-state index < -0.39 is 0 Å². The Morgan fingerprint density at radius 3 is 2.63 bits per heavy atom.